The molecule has 0 aromatic heterocycles. The van der Waals surface area contributed by atoms with Gasteiger partial charge < -0.3 is 5.11 Å². The Labute approximate surface area is 154 Å². The van der Waals surface area contributed by atoms with Crippen molar-refractivity contribution in [2.45, 2.75) is 39.0 Å². The molecule has 0 aliphatic carbocycles. The molecule has 0 bridgehead atoms. The number of nitrogens with zero attached hydrogens (tertiary/aromatic N) is 1. The average Bonchev–Trinajstić information content (AvgIpc) is 2.66. The standard InChI is InChI=1S/C22H23NO3/c1-2-3-4-9-21(24)20(22(25)26)14-16-10-12-17(13-11-16)19-8-6-5-7-18(19)15-23/h5-8,10-13,20H,2-4,9,14H2,1H3,(H,25,26). The van der Waals surface area contributed by atoms with Crippen LogP contribution >= 0.6 is 0 Å². The maximum atomic E-state index is 12.2. The van der Waals surface area contributed by atoms with Crippen molar-refractivity contribution >= 4 is 11.8 Å². The van der Waals surface area contributed by atoms with Crippen LogP contribution in [0.15, 0.2) is 48.5 Å². The van der Waals surface area contributed by atoms with Crippen molar-refractivity contribution in [3.63, 3.8) is 0 Å². The Morgan fingerprint density at radius 3 is 2.38 bits per heavy atom. The van der Waals surface area contributed by atoms with Crippen molar-refractivity contribution in [1.29, 1.82) is 5.26 Å². The molecule has 4 heteroatoms. The largest absolute Gasteiger partial charge is 0.481 e. The Morgan fingerprint density at radius 2 is 1.77 bits per heavy atom. The van der Waals surface area contributed by atoms with Gasteiger partial charge in [0.05, 0.1) is 11.6 Å². The Morgan fingerprint density at radius 1 is 1.08 bits per heavy atom. The Balaban J connectivity index is 2.13. The quantitative estimate of drug-likeness (QED) is 0.529. The summed E-state index contributed by atoms with van der Waals surface area (Å²) in [6.45, 7) is 2.05. The lowest BCUT2D eigenvalue weighted by Gasteiger charge is -2.12. The van der Waals surface area contributed by atoms with E-state index in [1.165, 1.54) is 0 Å². The number of carbonyl (C=O) groups excluding carboxylic acids is 1. The number of unbranched alkanes of at least 4 members (excludes halogenated alkanes) is 2. The minimum atomic E-state index is -1.06. The van der Waals surface area contributed by atoms with Gasteiger partial charge in [0.15, 0.2) is 0 Å². The minimum absolute atomic E-state index is 0.195. The third kappa shape index (κ3) is 5.03. The molecule has 134 valence electrons. The summed E-state index contributed by atoms with van der Waals surface area (Å²) in [5.41, 5.74) is 3.13. The van der Waals surface area contributed by atoms with E-state index >= 15 is 0 Å². The summed E-state index contributed by atoms with van der Waals surface area (Å²) in [6.07, 6.45) is 3.18. The number of carboxylic acid groups (broad SMARTS) is 1. The number of ketones is 1. The monoisotopic (exact) mass is 349 g/mol. The van der Waals surface area contributed by atoms with Crippen molar-refractivity contribution in [1.82, 2.24) is 0 Å². The maximum absolute atomic E-state index is 12.2. The van der Waals surface area contributed by atoms with Gasteiger partial charge in [0.1, 0.15) is 11.7 Å². The van der Waals surface area contributed by atoms with Gasteiger partial charge in [-0.2, -0.15) is 5.26 Å². The van der Waals surface area contributed by atoms with Crippen LogP contribution in [0.5, 0.6) is 0 Å². The molecule has 1 unspecified atom stereocenters. The van der Waals surface area contributed by atoms with Crippen LogP contribution < -0.4 is 0 Å². The van der Waals surface area contributed by atoms with Crippen LogP contribution in [0.4, 0.5) is 0 Å². The summed E-state index contributed by atoms with van der Waals surface area (Å²) in [5.74, 6) is -2.26. The molecule has 2 rings (SSSR count). The molecule has 2 aromatic rings. The van der Waals surface area contributed by atoms with Gasteiger partial charge >= 0.3 is 5.97 Å². The summed E-state index contributed by atoms with van der Waals surface area (Å²) in [7, 11) is 0. The first-order valence-electron chi connectivity index (χ1n) is 8.90. The van der Waals surface area contributed by atoms with Crippen molar-refractivity contribution in [3.8, 4) is 17.2 Å². The van der Waals surface area contributed by atoms with E-state index in [0.717, 1.165) is 36.0 Å². The SMILES string of the molecule is CCCCCC(=O)C(Cc1ccc(-c2ccccc2C#N)cc1)C(=O)O. The first kappa shape index (κ1) is 19.4. The van der Waals surface area contributed by atoms with E-state index in [4.69, 9.17) is 0 Å². The molecule has 26 heavy (non-hydrogen) atoms. The third-order valence-corrected chi connectivity index (χ3v) is 4.47. The van der Waals surface area contributed by atoms with Crippen LogP contribution in [-0.2, 0) is 16.0 Å². The highest BCUT2D eigenvalue weighted by molar-refractivity contribution is 5.98. The molecule has 0 fully saturated rings. The fraction of sp³-hybridized carbons (Fsp3) is 0.318. The van der Waals surface area contributed by atoms with Gasteiger partial charge in [-0.15, -0.1) is 0 Å². The fourth-order valence-electron chi connectivity index (χ4n) is 2.95. The maximum Gasteiger partial charge on any atom is 0.314 e. The molecule has 2 aromatic carbocycles. The molecule has 4 nitrogen and oxygen atoms in total. The van der Waals surface area contributed by atoms with Crippen LogP contribution in [0.25, 0.3) is 11.1 Å². The molecule has 1 atom stereocenters. The number of aliphatic carboxylic acids is 1. The number of Topliss-reactive ketones (excluding diaryl/α,β-unsaturated/α-hetero) is 1. The summed E-state index contributed by atoms with van der Waals surface area (Å²) in [4.78, 5) is 23.7. The molecule has 0 radical (unpaired) electrons. The van der Waals surface area contributed by atoms with E-state index in [1.807, 2.05) is 49.4 Å². The predicted octanol–water partition coefficient (Wildman–Crippen LogP) is 4.62. The first-order valence-corrected chi connectivity index (χ1v) is 8.90. The van der Waals surface area contributed by atoms with Crippen molar-refractivity contribution in [2.75, 3.05) is 0 Å². The predicted molar refractivity (Wildman–Crippen MR) is 101 cm³/mol. The summed E-state index contributed by atoms with van der Waals surface area (Å²) in [6, 6.07) is 16.9. The van der Waals surface area contributed by atoms with Gasteiger partial charge in [-0.05, 0) is 35.6 Å². The topological polar surface area (TPSA) is 78.2 Å². The molecule has 0 amide bonds. The smallest absolute Gasteiger partial charge is 0.314 e. The van der Waals surface area contributed by atoms with E-state index in [0.29, 0.717) is 12.0 Å². The minimum Gasteiger partial charge on any atom is -0.481 e. The molecular weight excluding hydrogens is 326 g/mol. The van der Waals surface area contributed by atoms with Crippen LogP contribution in [0, 0.1) is 17.2 Å². The lowest BCUT2D eigenvalue weighted by molar-refractivity contribution is -0.146. The number of carbonyl (C=O) groups is 2. The highest BCUT2D eigenvalue weighted by atomic mass is 16.4. The van der Waals surface area contributed by atoms with Crippen LogP contribution in [0.1, 0.15) is 43.7 Å². The summed E-state index contributed by atoms with van der Waals surface area (Å²) in [5, 5.41) is 18.6. The van der Waals surface area contributed by atoms with Crippen molar-refractivity contribution in [3.05, 3.63) is 59.7 Å². The Kier molecular flexibility index (Phi) is 7.11. The van der Waals surface area contributed by atoms with E-state index < -0.39 is 11.9 Å². The van der Waals surface area contributed by atoms with Gasteiger partial charge in [-0.1, -0.05) is 62.2 Å². The van der Waals surface area contributed by atoms with Crippen molar-refractivity contribution < 1.29 is 14.7 Å². The van der Waals surface area contributed by atoms with Gasteiger partial charge in [0.2, 0.25) is 0 Å². The van der Waals surface area contributed by atoms with E-state index in [-0.39, 0.29) is 12.2 Å². The highest BCUT2D eigenvalue weighted by Gasteiger charge is 2.25. The average molecular weight is 349 g/mol. The van der Waals surface area contributed by atoms with Crippen LogP contribution in [-0.4, -0.2) is 16.9 Å². The van der Waals surface area contributed by atoms with E-state index in [1.54, 1.807) is 6.07 Å². The van der Waals surface area contributed by atoms with E-state index in [2.05, 4.69) is 6.07 Å². The van der Waals surface area contributed by atoms with Gasteiger partial charge in [-0.3, -0.25) is 9.59 Å². The normalized spacial score (nSPS) is 11.5. The first-order chi connectivity index (χ1) is 12.6. The second-order valence-electron chi connectivity index (χ2n) is 6.37. The summed E-state index contributed by atoms with van der Waals surface area (Å²) < 4.78 is 0. The van der Waals surface area contributed by atoms with Crippen LogP contribution in [0.2, 0.25) is 0 Å². The second-order valence-corrected chi connectivity index (χ2v) is 6.37. The van der Waals surface area contributed by atoms with Gasteiger partial charge in [0, 0.05) is 6.42 Å². The second kappa shape index (κ2) is 9.53. The molecule has 0 saturated carbocycles. The zero-order chi connectivity index (χ0) is 18.9. The van der Waals surface area contributed by atoms with Crippen molar-refractivity contribution in [2.24, 2.45) is 5.92 Å². The summed E-state index contributed by atoms with van der Waals surface area (Å²) >= 11 is 0. The van der Waals surface area contributed by atoms with E-state index in [9.17, 15) is 20.0 Å². The molecule has 0 spiro atoms. The number of rotatable bonds is 9. The zero-order valence-electron chi connectivity index (χ0n) is 14.9. The lowest BCUT2D eigenvalue weighted by Crippen LogP contribution is -2.25. The lowest BCUT2D eigenvalue weighted by atomic mass is 9.91. The Bertz CT molecular complexity index is 803. The third-order valence-electron chi connectivity index (χ3n) is 4.47. The zero-order valence-corrected chi connectivity index (χ0v) is 14.9. The number of benzene rings is 2. The number of carboxylic acids is 1. The van der Waals surface area contributed by atoms with Gasteiger partial charge in [-0.25, -0.2) is 0 Å². The molecule has 0 aliphatic rings. The number of nitriles is 1. The molecular formula is C22H23NO3. The van der Waals surface area contributed by atoms with Crippen LogP contribution in [0.3, 0.4) is 0 Å². The molecule has 0 heterocycles. The number of hydrogen-bond donors (Lipinski definition) is 1. The molecule has 0 saturated heterocycles. The highest BCUT2D eigenvalue weighted by Crippen LogP contribution is 2.24. The number of hydrogen-bond acceptors (Lipinski definition) is 3. The molecule has 1 N–H and O–H groups in total. The van der Waals surface area contributed by atoms with Gasteiger partial charge in [0.25, 0.3) is 0 Å². The Hall–Kier alpha value is -2.93. The molecule has 0 aliphatic heterocycles. The fourth-order valence-corrected chi connectivity index (χ4v) is 2.95.